The van der Waals surface area contributed by atoms with Crippen LogP contribution in [0.2, 0.25) is 0 Å². The first-order chi connectivity index (χ1) is 22.5. The zero-order valence-corrected chi connectivity index (χ0v) is 30.5. The van der Waals surface area contributed by atoms with Crippen molar-refractivity contribution >= 4 is 11.6 Å². The van der Waals surface area contributed by atoms with Crippen LogP contribution in [0.15, 0.2) is 6.07 Å². The molecule has 264 valence electrons. The normalized spacial score (nSPS) is 11.2. The van der Waals surface area contributed by atoms with Gasteiger partial charge in [0.15, 0.2) is 17.3 Å². The van der Waals surface area contributed by atoms with Gasteiger partial charge in [-0.25, -0.2) is 0 Å². The lowest BCUT2D eigenvalue weighted by Gasteiger charge is -2.16. The number of Topliss-reactive ketones (excluding diaryl/α,β-unsaturated/α-hetero) is 2. The predicted molar refractivity (Wildman–Crippen MR) is 194 cm³/mol. The lowest BCUT2D eigenvalue weighted by molar-refractivity contribution is -0.115. The molecule has 0 spiro atoms. The van der Waals surface area contributed by atoms with E-state index in [-0.39, 0.29) is 34.4 Å². The van der Waals surface area contributed by atoms with Crippen molar-refractivity contribution in [2.45, 2.75) is 194 Å². The van der Waals surface area contributed by atoms with E-state index in [0.29, 0.717) is 18.4 Å². The van der Waals surface area contributed by atoms with E-state index in [2.05, 4.69) is 20.3 Å². The number of methoxy groups -OCH3 is 2. The molecule has 5 nitrogen and oxygen atoms in total. The van der Waals surface area contributed by atoms with Crippen LogP contribution in [-0.4, -0.2) is 30.9 Å². The van der Waals surface area contributed by atoms with Crippen molar-refractivity contribution in [3.05, 3.63) is 23.6 Å². The van der Waals surface area contributed by atoms with Crippen LogP contribution in [0.4, 0.5) is 0 Å². The van der Waals surface area contributed by atoms with Gasteiger partial charge in [0.05, 0.1) is 26.2 Å². The smallest absolute Gasteiger partial charge is 0.201 e. The maximum atomic E-state index is 13.4. The minimum atomic E-state index is -0.215. The van der Waals surface area contributed by atoms with Crippen molar-refractivity contribution in [3.8, 4) is 17.2 Å². The summed E-state index contributed by atoms with van der Waals surface area (Å²) < 4.78 is 10.8. The molecule has 1 rings (SSSR count). The first kappa shape index (κ1) is 42.0. The average molecular weight is 643 g/mol. The molecule has 0 saturated carbocycles. The molecule has 1 aromatic carbocycles. The molecule has 1 N–H and O–H groups in total. The topological polar surface area (TPSA) is 72.8 Å². The van der Waals surface area contributed by atoms with Gasteiger partial charge < -0.3 is 14.6 Å². The van der Waals surface area contributed by atoms with Gasteiger partial charge >= 0.3 is 0 Å². The molecule has 0 saturated heterocycles. The fourth-order valence-electron chi connectivity index (χ4n) is 6.30. The number of benzene rings is 1. The zero-order chi connectivity index (χ0) is 33.7. The van der Waals surface area contributed by atoms with Crippen molar-refractivity contribution in [2.75, 3.05) is 14.2 Å². The molecule has 0 atom stereocenters. The summed E-state index contributed by atoms with van der Waals surface area (Å²) in [7, 11) is 2.87. The summed E-state index contributed by atoms with van der Waals surface area (Å²) >= 11 is 0. The van der Waals surface area contributed by atoms with Gasteiger partial charge in [-0.15, -0.1) is 0 Å². The first-order valence-corrected chi connectivity index (χ1v) is 19.3. The van der Waals surface area contributed by atoms with Crippen LogP contribution in [0.25, 0.3) is 0 Å². The van der Waals surface area contributed by atoms with Crippen LogP contribution >= 0.6 is 0 Å². The van der Waals surface area contributed by atoms with E-state index in [1.807, 2.05) is 0 Å². The second-order valence-electron chi connectivity index (χ2n) is 13.3. The Labute approximate surface area is 284 Å². The zero-order valence-electron chi connectivity index (χ0n) is 30.5. The molecule has 0 aliphatic rings. The van der Waals surface area contributed by atoms with E-state index in [9.17, 15) is 14.7 Å². The molecule has 0 unspecified atom stereocenters. The second-order valence-corrected chi connectivity index (χ2v) is 13.3. The molecular formula is C41H70O5. The standard InChI is InChI=1S/C41H70O5/c1-5-7-9-11-13-15-17-19-21-23-25-27-29-31-36(42)33-35-34-38(45-3)40(44)41(46-4)39(35)37(43)32-30-28-26-24-22-20-18-16-14-12-10-8-6-2/h34,44H,5-32H2,1-4H3. The number of phenols is 1. The maximum absolute atomic E-state index is 13.4. The Bertz CT molecular complexity index is 909. The summed E-state index contributed by atoms with van der Waals surface area (Å²) in [5.74, 6) is -0.240. The molecule has 1 aromatic rings. The number of aromatic hydroxyl groups is 1. The third-order valence-electron chi connectivity index (χ3n) is 9.21. The van der Waals surface area contributed by atoms with Gasteiger partial charge in [0.25, 0.3) is 0 Å². The third-order valence-corrected chi connectivity index (χ3v) is 9.21. The van der Waals surface area contributed by atoms with Crippen molar-refractivity contribution < 1.29 is 24.2 Å². The summed E-state index contributed by atoms with van der Waals surface area (Å²) in [5, 5.41) is 10.7. The van der Waals surface area contributed by atoms with Crippen LogP contribution in [0.3, 0.4) is 0 Å². The highest BCUT2D eigenvalue weighted by atomic mass is 16.5. The number of hydrogen-bond donors (Lipinski definition) is 1. The molecular weight excluding hydrogens is 572 g/mol. The number of rotatable bonds is 33. The van der Waals surface area contributed by atoms with E-state index in [1.54, 1.807) is 0 Å². The molecule has 0 bridgehead atoms. The largest absolute Gasteiger partial charge is 0.502 e. The molecule has 46 heavy (non-hydrogen) atoms. The molecule has 0 aliphatic heterocycles. The first-order valence-electron chi connectivity index (χ1n) is 19.3. The van der Waals surface area contributed by atoms with Gasteiger partial charge in [-0.1, -0.05) is 168 Å². The quantitative estimate of drug-likeness (QED) is 0.0610. The summed E-state index contributed by atoms with van der Waals surface area (Å²) in [6.07, 6.45) is 36.2. The van der Waals surface area contributed by atoms with Gasteiger partial charge in [0, 0.05) is 12.8 Å². The average Bonchev–Trinajstić information content (AvgIpc) is 3.05. The highest BCUT2D eigenvalue weighted by Gasteiger charge is 2.25. The molecule has 0 fully saturated rings. The van der Waals surface area contributed by atoms with Crippen LogP contribution < -0.4 is 9.47 Å². The number of ketones is 2. The molecule has 0 aliphatic carbocycles. The van der Waals surface area contributed by atoms with E-state index in [1.165, 1.54) is 149 Å². The van der Waals surface area contributed by atoms with Crippen LogP contribution in [0.1, 0.15) is 210 Å². The SMILES string of the molecule is CCCCCCCCCCCCCCCC(=O)[C]c1cc(OC)c(O)c(OC)c1C(=O)CCCCCCCCCCCCCCC. The monoisotopic (exact) mass is 643 g/mol. The lowest BCUT2D eigenvalue weighted by Crippen LogP contribution is -2.10. The summed E-state index contributed by atoms with van der Waals surface area (Å²) in [4.78, 5) is 26.3. The van der Waals surface area contributed by atoms with Gasteiger partial charge in [0.1, 0.15) is 5.78 Å². The van der Waals surface area contributed by atoms with Gasteiger partial charge in [-0.05, 0) is 24.5 Å². The van der Waals surface area contributed by atoms with Crippen molar-refractivity contribution in [3.63, 3.8) is 0 Å². The van der Waals surface area contributed by atoms with Crippen molar-refractivity contribution in [1.29, 1.82) is 0 Å². The van der Waals surface area contributed by atoms with Crippen molar-refractivity contribution in [2.24, 2.45) is 0 Å². The Kier molecular flexibility index (Phi) is 26.6. The Morgan fingerprint density at radius 3 is 1.30 bits per heavy atom. The fraction of sp³-hybridized carbons (Fsp3) is 0.780. The lowest BCUT2D eigenvalue weighted by atomic mass is 9.93. The van der Waals surface area contributed by atoms with Crippen LogP contribution in [0.5, 0.6) is 17.2 Å². The third kappa shape index (κ3) is 19.6. The van der Waals surface area contributed by atoms with Crippen molar-refractivity contribution in [1.82, 2.24) is 0 Å². The second kappa shape index (κ2) is 29.1. The van der Waals surface area contributed by atoms with E-state index in [0.717, 1.165) is 38.5 Å². The molecule has 0 aromatic heterocycles. The molecule has 0 heterocycles. The number of carbonyl (C=O) groups is 2. The number of ether oxygens (including phenoxy) is 2. The molecule has 2 radical (unpaired) electrons. The Morgan fingerprint density at radius 1 is 0.565 bits per heavy atom. The fourth-order valence-corrected chi connectivity index (χ4v) is 6.30. The predicted octanol–water partition coefficient (Wildman–Crippen LogP) is 12.6. The van der Waals surface area contributed by atoms with E-state index in [4.69, 9.17) is 9.47 Å². The molecule has 5 heteroatoms. The highest BCUT2D eigenvalue weighted by Crippen LogP contribution is 2.42. The van der Waals surface area contributed by atoms with E-state index >= 15 is 0 Å². The summed E-state index contributed by atoms with van der Waals surface area (Å²) in [6, 6.07) is 1.54. The van der Waals surface area contributed by atoms with Crippen LogP contribution in [0, 0.1) is 6.42 Å². The van der Waals surface area contributed by atoms with Gasteiger partial charge in [0.2, 0.25) is 5.75 Å². The summed E-state index contributed by atoms with van der Waals surface area (Å²) in [5.41, 5.74) is 0.587. The number of unbranched alkanes of at least 4 members (excludes halogenated alkanes) is 24. The van der Waals surface area contributed by atoms with Gasteiger partial charge in [-0.3, -0.25) is 9.59 Å². The Morgan fingerprint density at radius 2 is 0.935 bits per heavy atom. The minimum Gasteiger partial charge on any atom is -0.502 e. The van der Waals surface area contributed by atoms with E-state index < -0.39 is 0 Å². The Balaban J connectivity index is 2.41. The number of hydrogen-bond acceptors (Lipinski definition) is 5. The maximum Gasteiger partial charge on any atom is 0.201 e. The van der Waals surface area contributed by atoms with Gasteiger partial charge in [-0.2, -0.15) is 0 Å². The molecule has 0 amide bonds. The highest BCUT2D eigenvalue weighted by molar-refractivity contribution is 6.04. The number of carbonyl (C=O) groups excluding carboxylic acids is 2. The minimum absolute atomic E-state index is 0.0651. The van der Waals surface area contributed by atoms with Crippen LogP contribution in [-0.2, 0) is 4.79 Å². The summed E-state index contributed by atoms with van der Waals surface area (Å²) in [6.45, 7) is 4.52. The number of phenolic OH excluding ortho intramolecular Hbond substituents is 1. The Hall–Kier alpha value is -2.04.